The lowest BCUT2D eigenvalue weighted by Crippen LogP contribution is -2.16. The Labute approximate surface area is 122 Å². The highest BCUT2D eigenvalue weighted by Crippen LogP contribution is 2.24. The summed E-state index contributed by atoms with van der Waals surface area (Å²) in [5, 5.41) is 15.1. The van der Waals surface area contributed by atoms with Gasteiger partial charge in [-0.3, -0.25) is 0 Å². The Hall–Kier alpha value is -1.88. The predicted molar refractivity (Wildman–Crippen MR) is 80.4 cm³/mol. The van der Waals surface area contributed by atoms with Gasteiger partial charge in [-0.15, -0.1) is 5.10 Å². The Morgan fingerprint density at radius 2 is 1.95 bits per heavy atom. The monoisotopic (exact) mass is 289 g/mol. The molecule has 20 heavy (non-hydrogen) atoms. The molecule has 0 radical (unpaired) electrons. The number of hydrogen-bond acceptors (Lipinski definition) is 5. The molecule has 0 amide bonds. The summed E-state index contributed by atoms with van der Waals surface area (Å²) in [7, 11) is 0. The van der Waals surface area contributed by atoms with E-state index in [4.69, 9.17) is 11.6 Å². The number of nitrogens with one attached hydrogen (secondary N) is 2. The van der Waals surface area contributed by atoms with E-state index in [2.05, 4.69) is 25.8 Å². The Morgan fingerprint density at radius 1 is 1.15 bits per heavy atom. The van der Waals surface area contributed by atoms with Gasteiger partial charge in [0.05, 0.1) is 16.9 Å². The molecule has 1 aromatic carbocycles. The molecule has 0 aliphatic heterocycles. The second-order valence-electron chi connectivity index (χ2n) is 4.90. The molecule has 0 spiro atoms. The van der Waals surface area contributed by atoms with Crippen LogP contribution in [0.1, 0.15) is 25.7 Å². The molecule has 6 heteroatoms. The van der Waals surface area contributed by atoms with Crippen LogP contribution in [0.15, 0.2) is 30.5 Å². The van der Waals surface area contributed by atoms with Gasteiger partial charge in [-0.2, -0.15) is 10.1 Å². The molecule has 2 aromatic rings. The number of para-hydroxylation sites is 1. The number of rotatable bonds is 4. The van der Waals surface area contributed by atoms with E-state index >= 15 is 0 Å². The van der Waals surface area contributed by atoms with Crippen LogP contribution in [0.25, 0.3) is 0 Å². The molecule has 0 bridgehead atoms. The lowest BCUT2D eigenvalue weighted by molar-refractivity contribution is 0.747. The second-order valence-corrected chi connectivity index (χ2v) is 5.30. The first-order valence-electron chi connectivity index (χ1n) is 6.79. The Kier molecular flexibility index (Phi) is 3.97. The number of nitrogens with zero attached hydrogens (tertiary/aromatic N) is 3. The molecule has 1 saturated carbocycles. The largest absolute Gasteiger partial charge is 0.366 e. The third-order valence-electron chi connectivity index (χ3n) is 3.39. The van der Waals surface area contributed by atoms with Crippen molar-refractivity contribution in [2.24, 2.45) is 0 Å². The van der Waals surface area contributed by atoms with Gasteiger partial charge < -0.3 is 10.6 Å². The van der Waals surface area contributed by atoms with Crippen LogP contribution in [0.5, 0.6) is 0 Å². The van der Waals surface area contributed by atoms with E-state index in [1.165, 1.54) is 25.7 Å². The van der Waals surface area contributed by atoms with Crippen LogP contribution in [0.4, 0.5) is 17.5 Å². The predicted octanol–water partition coefficient (Wildman–Crippen LogP) is 3.62. The van der Waals surface area contributed by atoms with Gasteiger partial charge in [0.15, 0.2) is 5.82 Å². The molecule has 2 N–H and O–H groups in total. The molecule has 0 saturated heterocycles. The first kappa shape index (κ1) is 13.1. The fraction of sp³-hybridized carbons (Fsp3) is 0.357. The van der Waals surface area contributed by atoms with E-state index in [0.29, 0.717) is 17.0 Å². The minimum atomic E-state index is 0.445. The fourth-order valence-corrected chi connectivity index (χ4v) is 2.57. The normalized spacial score (nSPS) is 15.2. The van der Waals surface area contributed by atoms with Crippen molar-refractivity contribution in [2.45, 2.75) is 31.7 Å². The molecule has 0 unspecified atom stereocenters. The Morgan fingerprint density at radius 3 is 2.75 bits per heavy atom. The summed E-state index contributed by atoms with van der Waals surface area (Å²) in [5.41, 5.74) is 0.772. The van der Waals surface area contributed by atoms with Crippen LogP contribution >= 0.6 is 11.6 Å². The van der Waals surface area contributed by atoms with Gasteiger partial charge in [-0.1, -0.05) is 36.6 Å². The average molecular weight is 290 g/mol. The zero-order chi connectivity index (χ0) is 13.8. The van der Waals surface area contributed by atoms with Crippen LogP contribution in [0.2, 0.25) is 5.02 Å². The first-order valence-corrected chi connectivity index (χ1v) is 7.17. The smallest absolute Gasteiger partial charge is 0.249 e. The SMILES string of the molecule is Clc1ccccc1Nc1nncc(NC2CCCC2)n1. The van der Waals surface area contributed by atoms with E-state index in [-0.39, 0.29) is 0 Å². The van der Waals surface area contributed by atoms with Gasteiger partial charge in [0.25, 0.3) is 0 Å². The van der Waals surface area contributed by atoms with E-state index in [1.807, 2.05) is 24.3 Å². The number of anilines is 3. The highest BCUT2D eigenvalue weighted by Gasteiger charge is 2.15. The lowest BCUT2D eigenvalue weighted by atomic mass is 10.2. The van der Waals surface area contributed by atoms with E-state index in [0.717, 1.165) is 11.5 Å². The van der Waals surface area contributed by atoms with Crippen molar-refractivity contribution in [3.63, 3.8) is 0 Å². The quantitative estimate of drug-likeness (QED) is 0.900. The summed E-state index contributed by atoms with van der Waals surface area (Å²) in [4.78, 5) is 4.42. The summed E-state index contributed by atoms with van der Waals surface area (Å²) in [6.45, 7) is 0. The van der Waals surface area contributed by atoms with Crippen LogP contribution in [-0.2, 0) is 0 Å². The van der Waals surface area contributed by atoms with Crippen LogP contribution < -0.4 is 10.6 Å². The van der Waals surface area contributed by atoms with Gasteiger partial charge in [-0.25, -0.2) is 0 Å². The second kappa shape index (κ2) is 6.05. The highest BCUT2D eigenvalue weighted by atomic mass is 35.5. The molecule has 1 heterocycles. The van der Waals surface area contributed by atoms with Crippen molar-refractivity contribution in [2.75, 3.05) is 10.6 Å². The zero-order valence-electron chi connectivity index (χ0n) is 11.0. The highest BCUT2D eigenvalue weighted by molar-refractivity contribution is 6.33. The summed E-state index contributed by atoms with van der Waals surface area (Å²) in [5.74, 6) is 1.20. The number of benzene rings is 1. The van der Waals surface area contributed by atoms with E-state index in [9.17, 15) is 0 Å². The molecule has 0 atom stereocenters. The van der Waals surface area contributed by atoms with Gasteiger partial charge in [0.1, 0.15) is 0 Å². The minimum absolute atomic E-state index is 0.445. The molecule has 3 rings (SSSR count). The minimum Gasteiger partial charge on any atom is -0.366 e. The summed E-state index contributed by atoms with van der Waals surface area (Å²) in [6.07, 6.45) is 6.59. The summed E-state index contributed by atoms with van der Waals surface area (Å²) >= 11 is 6.10. The standard InChI is InChI=1S/C14H16ClN5/c15-11-7-3-4-8-12(11)18-14-19-13(9-16-20-14)17-10-5-1-2-6-10/h3-4,7-10H,1-2,5-6H2,(H2,17,18,19,20). The Bertz CT molecular complexity index is 583. The summed E-state index contributed by atoms with van der Waals surface area (Å²) < 4.78 is 0. The van der Waals surface area contributed by atoms with Crippen molar-refractivity contribution in [3.8, 4) is 0 Å². The van der Waals surface area contributed by atoms with Crippen molar-refractivity contribution in [1.82, 2.24) is 15.2 Å². The molecular formula is C14H16ClN5. The third-order valence-corrected chi connectivity index (χ3v) is 3.72. The average Bonchev–Trinajstić information content (AvgIpc) is 2.95. The lowest BCUT2D eigenvalue weighted by Gasteiger charge is -2.12. The van der Waals surface area contributed by atoms with Crippen LogP contribution in [0.3, 0.4) is 0 Å². The van der Waals surface area contributed by atoms with Crippen molar-refractivity contribution in [3.05, 3.63) is 35.5 Å². The zero-order valence-corrected chi connectivity index (χ0v) is 11.8. The maximum absolute atomic E-state index is 6.10. The van der Waals surface area contributed by atoms with Gasteiger partial charge >= 0.3 is 0 Å². The number of halogens is 1. The molecule has 1 aliphatic carbocycles. The fourth-order valence-electron chi connectivity index (χ4n) is 2.39. The maximum atomic E-state index is 6.10. The summed E-state index contributed by atoms with van der Waals surface area (Å²) in [6, 6.07) is 7.98. The number of hydrogen-bond donors (Lipinski definition) is 2. The first-order chi connectivity index (χ1) is 9.81. The molecule has 1 aliphatic rings. The Balaban J connectivity index is 1.72. The van der Waals surface area contributed by atoms with Gasteiger partial charge in [0, 0.05) is 6.04 Å². The molecule has 104 valence electrons. The molecule has 1 fully saturated rings. The molecule has 1 aromatic heterocycles. The van der Waals surface area contributed by atoms with E-state index in [1.54, 1.807) is 6.20 Å². The van der Waals surface area contributed by atoms with E-state index < -0.39 is 0 Å². The third kappa shape index (κ3) is 3.17. The van der Waals surface area contributed by atoms with Crippen molar-refractivity contribution >= 4 is 29.1 Å². The molecular weight excluding hydrogens is 274 g/mol. The molecule has 5 nitrogen and oxygen atoms in total. The maximum Gasteiger partial charge on any atom is 0.249 e. The van der Waals surface area contributed by atoms with Crippen molar-refractivity contribution in [1.29, 1.82) is 0 Å². The van der Waals surface area contributed by atoms with Crippen molar-refractivity contribution < 1.29 is 0 Å². The number of aromatic nitrogens is 3. The topological polar surface area (TPSA) is 62.7 Å². The van der Waals surface area contributed by atoms with Crippen LogP contribution in [0, 0.1) is 0 Å². The van der Waals surface area contributed by atoms with Crippen LogP contribution in [-0.4, -0.2) is 21.2 Å². The van der Waals surface area contributed by atoms with Gasteiger partial charge in [0.2, 0.25) is 5.95 Å². The van der Waals surface area contributed by atoms with Gasteiger partial charge in [-0.05, 0) is 25.0 Å².